The highest BCUT2D eigenvalue weighted by Crippen LogP contribution is 2.31. The van der Waals surface area contributed by atoms with E-state index in [1.807, 2.05) is 24.3 Å². The van der Waals surface area contributed by atoms with Crippen molar-refractivity contribution in [2.24, 2.45) is 5.73 Å². The minimum absolute atomic E-state index is 0.0426. The highest BCUT2D eigenvalue weighted by Gasteiger charge is 2.30. The van der Waals surface area contributed by atoms with Gasteiger partial charge in [-0.25, -0.2) is 26.5 Å². The molecule has 208 valence electrons. The lowest BCUT2D eigenvalue weighted by atomic mass is 9.90. The number of amides is 1. The van der Waals surface area contributed by atoms with Gasteiger partial charge in [0.1, 0.15) is 17.5 Å². The van der Waals surface area contributed by atoms with Crippen LogP contribution >= 0.6 is 0 Å². The fourth-order valence-corrected chi connectivity index (χ4v) is 6.00. The summed E-state index contributed by atoms with van der Waals surface area (Å²) in [4.78, 5) is 15.9. The molecule has 0 spiro atoms. The van der Waals surface area contributed by atoms with Crippen LogP contribution in [0, 0.1) is 11.6 Å². The van der Waals surface area contributed by atoms with Crippen LogP contribution in [0.5, 0.6) is 0 Å². The number of carbonyl (C=O) groups excluding carboxylic acids is 1. The highest BCUT2D eigenvalue weighted by atomic mass is 32.2. The predicted molar refractivity (Wildman–Crippen MR) is 148 cm³/mol. The SMILES string of the molecule is CC(C)S(=O)(=O)N1CCC(c2ccc(Nc3cc(NCc4cc(F)cc(F)c4)c(CC(N)=O)cn3)cc2)CC1. The Morgan fingerprint density at radius 2 is 1.72 bits per heavy atom. The Kier molecular flexibility index (Phi) is 8.81. The normalized spacial score (nSPS) is 14.9. The maximum Gasteiger partial charge on any atom is 0.221 e. The summed E-state index contributed by atoms with van der Waals surface area (Å²) in [5.41, 5.74) is 8.86. The van der Waals surface area contributed by atoms with Crippen molar-refractivity contribution in [1.29, 1.82) is 0 Å². The van der Waals surface area contributed by atoms with Gasteiger partial charge in [0.15, 0.2) is 0 Å². The largest absolute Gasteiger partial charge is 0.381 e. The molecule has 2 heterocycles. The van der Waals surface area contributed by atoms with E-state index in [4.69, 9.17) is 5.73 Å². The molecule has 2 aromatic carbocycles. The van der Waals surface area contributed by atoms with Crippen molar-refractivity contribution in [2.45, 2.75) is 50.8 Å². The molecule has 1 aliphatic heterocycles. The Labute approximate surface area is 227 Å². The number of pyridine rings is 1. The monoisotopic (exact) mass is 557 g/mol. The Balaban J connectivity index is 1.43. The minimum Gasteiger partial charge on any atom is -0.381 e. The lowest BCUT2D eigenvalue weighted by Crippen LogP contribution is -2.41. The molecule has 1 amide bonds. The number of halogens is 2. The number of nitrogens with one attached hydrogen (secondary N) is 2. The van der Waals surface area contributed by atoms with E-state index in [9.17, 15) is 22.0 Å². The van der Waals surface area contributed by atoms with Gasteiger partial charge in [0.2, 0.25) is 15.9 Å². The second-order valence-electron chi connectivity index (χ2n) is 10.0. The number of nitrogens with zero attached hydrogens (tertiary/aromatic N) is 2. The topological polar surface area (TPSA) is 117 Å². The average molecular weight is 558 g/mol. The van der Waals surface area contributed by atoms with Crippen LogP contribution < -0.4 is 16.4 Å². The van der Waals surface area contributed by atoms with Gasteiger partial charge in [-0.1, -0.05) is 12.1 Å². The van der Waals surface area contributed by atoms with Crippen LogP contribution in [-0.4, -0.2) is 42.0 Å². The molecule has 1 aliphatic rings. The van der Waals surface area contributed by atoms with Gasteiger partial charge in [0.05, 0.1) is 11.7 Å². The molecular weight excluding hydrogens is 524 g/mol. The number of carbonyl (C=O) groups is 1. The first-order valence-electron chi connectivity index (χ1n) is 12.8. The molecule has 1 fully saturated rings. The van der Waals surface area contributed by atoms with E-state index < -0.39 is 32.8 Å². The van der Waals surface area contributed by atoms with E-state index in [2.05, 4.69) is 15.6 Å². The van der Waals surface area contributed by atoms with E-state index in [1.165, 1.54) is 18.3 Å². The number of hydrogen-bond donors (Lipinski definition) is 3. The van der Waals surface area contributed by atoms with Gasteiger partial charge in [0, 0.05) is 54.9 Å². The highest BCUT2D eigenvalue weighted by molar-refractivity contribution is 7.89. The first-order chi connectivity index (χ1) is 18.5. The zero-order chi connectivity index (χ0) is 28.2. The fraction of sp³-hybridized carbons (Fsp3) is 0.357. The lowest BCUT2D eigenvalue weighted by molar-refractivity contribution is -0.117. The molecule has 1 aromatic heterocycles. The number of sulfonamides is 1. The fourth-order valence-electron chi connectivity index (χ4n) is 4.68. The van der Waals surface area contributed by atoms with Crippen LogP contribution in [0.3, 0.4) is 0 Å². The van der Waals surface area contributed by atoms with E-state index in [1.54, 1.807) is 24.2 Å². The number of primary amides is 1. The zero-order valence-corrected chi connectivity index (χ0v) is 22.8. The first-order valence-corrected chi connectivity index (χ1v) is 14.3. The predicted octanol–water partition coefficient (Wildman–Crippen LogP) is 4.66. The number of aromatic nitrogens is 1. The van der Waals surface area contributed by atoms with Crippen LogP contribution in [0.1, 0.15) is 49.3 Å². The van der Waals surface area contributed by atoms with E-state index >= 15 is 0 Å². The Morgan fingerprint density at radius 1 is 1.08 bits per heavy atom. The Bertz CT molecular complexity index is 1400. The Hall–Kier alpha value is -3.57. The number of rotatable bonds is 10. The van der Waals surface area contributed by atoms with Gasteiger partial charge in [-0.15, -0.1) is 0 Å². The summed E-state index contributed by atoms with van der Waals surface area (Å²) in [7, 11) is -3.23. The molecule has 0 radical (unpaired) electrons. The number of benzene rings is 2. The van der Waals surface area contributed by atoms with Crippen molar-refractivity contribution in [1.82, 2.24) is 9.29 Å². The van der Waals surface area contributed by atoms with Gasteiger partial charge in [-0.05, 0) is 68.0 Å². The van der Waals surface area contributed by atoms with Crippen LogP contribution in [-0.2, 0) is 27.8 Å². The number of anilines is 3. The van der Waals surface area contributed by atoms with Gasteiger partial charge in [-0.2, -0.15) is 0 Å². The van der Waals surface area contributed by atoms with E-state index in [0.29, 0.717) is 35.7 Å². The molecule has 0 aliphatic carbocycles. The number of nitrogens with two attached hydrogens (primary N) is 1. The summed E-state index contributed by atoms with van der Waals surface area (Å²) in [6, 6.07) is 12.9. The molecule has 1 saturated heterocycles. The van der Waals surface area contributed by atoms with Crippen molar-refractivity contribution in [3.63, 3.8) is 0 Å². The van der Waals surface area contributed by atoms with Gasteiger partial charge in [0.25, 0.3) is 0 Å². The second-order valence-corrected chi connectivity index (χ2v) is 12.5. The average Bonchev–Trinajstić information content (AvgIpc) is 2.88. The standard InChI is InChI=1S/C28H33F2N5O3S/c1-18(2)39(37,38)35-9-7-21(8-10-35)20-3-5-25(6-4-20)34-28-15-26(22(17-33-28)13-27(31)36)32-16-19-11-23(29)14-24(30)12-19/h3-6,11-12,14-15,17-18,21H,7-10,13,16H2,1-2H3,(H2,31,36)(H2,32,33,34). The molecule has 39 heavy (non-hydrogen) atoms. The smallest absolute Gasteiger partial charge is 0.221 e. The maximum atomic E-state index is 13.6. The summed E-state index contributed by atoms with van der Waals surface area (Å²) in [6.45, 7) is 4.58. The van der Waals surface area contributed by atoms with E-state index in [0.717, 1.165) is 30.2 Å². The Morgan fingerprint density at radius 3 is 2.31 bits per heavy atom. The first kappa shape index (κ1) is 28.4. The third-order valence-electron chi connectivity index (χ3n) is 6.82. The summed E-state index contributed by atoms with van der Waals surface area (Å²) >= 11 is 0. The molecule has 0 atom stereocenters. The maximum absolute atomic E-state index is 13.6. The number of piperidine rings is 1. The van der Waals surface area contributed by atoms with Crippen LogP contribution in [0.2, 0.25) is 0 Å². The van der Waals surface area contributed by atoms with Crippen molar-refractivity contribution in [2.75, 3.05) is 23.7 Å². The second kappa shape index (κ2) is 12.1. The van der Waals surface area contributed by atoms with Crippen molar-refractivity contribution >= 4 is 33.1 Å². The van der Waals surface area contributed by atoms with Crippen molar-refractivity contribution in [3.8, 4) is 0 Å². The molecule has 3 aromatic rings. The van der Waals surface area contributed by atoms with E-state index in [-0.39, 0.29) is 18.9 Å². The van der Waals surface area contributed by atoms with Crippen molar-refractivity contribution in [3.05, 3.63) is 83.1 Å². The summed E-state index contributed by atoms with van der Waals surface area (Å²) < 4.78 is 53.6. The molecule has 11 heteroatoms. The molecule has 8 nitrogen and oxygen atoms in total. The van der Waals surface area contributed by atoms with Gasteiger partial charge < -0.3 is 16.4 Å². The summed E-state index contributed by atoms with van der Waals surface area (Å²) in [5, 5.41) is 5.94. The molecule has 0 unspecified atom stereocenters. The quantitative estimate of drug-likeness (QED) is 0.334. The minimum atomic E-state index is -3.23. The third kappa shape index (κ3) is 7.30. The molecule has 4 N–H and O–H groups in total. The number of hydrogen-bond acceptors (Lipinski definition) is 6. The van der Waals surface area contributed by atoms with Crippen LogP contribution in [0.15, 0.2) is 54.7 Å². The summed E-state index contributed by atoms with van der Waals surface area (Å²) in [5.74, 6) is -1.07. The van der Waals surface area contributed by atoms with Crippen LogP contribution in [0.25, 0.3) is 0 Å². The lowest BCUT2D eigenvalue weighted by Gasteiger charge is -2.32. The van der Waals surface area contributed by atoms with Gasteiger partial charge >= 0.3 is 0 Å². The van der Waals surface area contributed by atoms with Crippen LogP contribution in [0.4, 0.5) is 26.0 Å². The molecular formula is C28H33F2N5O3S. The van der Waals surface area contributed by atoms with Gasteiger partial charge in [-0.3, -0.25) is 4.79 Å². The molecule has 0 saturated carbocycles. The zero-order valence-electron chi connectivity index (χ0n) is 22.0. The third-order valence-corrected chi connectivity index (χ3v) is 9.10. The molecule has 4 rings (SSSR count). The van der Waals surface area contributed by atoms with Crippen molar-refractivity contribution < 1.29 is 22.0 Å². The summed E-state index contributed by atoms with van der Waals surface area (Å²) in [6.07, 6.45) is 3.03. The molecule has 0 bridgehead atoms.